The highest BCUT2D eigenvalue weighted by molar-refractivity contribution is 5.60. The topological polar surface area (TPSA) is 127 Å². The maximum atomic E-state index is 5.87. The molecule has 8 heteroatoms. The van der Waals surface area contributed by atoms with Gasteiger partial charge in [0.25, 0.3) is 0 Å². The van der Waals surface area contributed by atoms with Gasteiger partial charge < -0.3 is 27.4 Å². The Balaban J connectivity index is 1.46. The number of nitrogens with zero attached hydrogens (tertiary/aromatic N) is 3. The lowest BCUT2D eigenvalue weighted by atomic mass is 9.93. The zero-order valence-corrected chi connectivity index (χ0v) is 16.2. The van der Waals surface area contributed by atoms with Crippen LogP contribution in [0.15, 0.2) is 48.5 Å². The number of rotatable bonds is 8. The number of anilines is 6. The Morgan fingerprint density at radius 3 is 2.34 bits per heavy atom. The first-order valence-electron chi connectivity index (χ1n) is 9.87. The largest absolute Gasteiger partial charge is 0.399 e. The highest BCUT2D eigenvalue weighted by atomic mass is 15.3. The van der Waals surface area contributed by atoms with Crippen molar-refractivity contribution in [1.29, 1.82) is 0 Å². The normalized spacial score (nSPS) is 13.5. The van der Waals surface area contributed by atoms with Gasteiger partial charge >= 0.3 is 0 Å². The van der Waals surface area contributed by atoms with Gasteiger partial charge in [0.15, 0.2) is 0 Å². The first-order valence-corrected chi connectivity index (χ1v) is 9.87. The first kappa shape index (κ1) is 18.8. The van der Waals surface area contributed by atoms with E-state index >= 15 is 0 Å². The van der Waals surface area contributed by atoms with Crippen LogP contribution in [0.5, 0.6) is 0 Å². The average molecular weight is 390 g/mol. The molecule has 1 aromatic heterocycles. The van der Waals surface area contributed by atoms with E-state index in [1.54, 1.807) is 0 Å². The molecule has 2 aromatic carbocycles. The molecule has 1 aliphatic carbocycles. The summed E-state index contributed by atoms with van der Waals surface area (Å²) in [6.45, 7) is 0.703. The number of hydrogen-bond donors (Lipinski definition) is 5. The smallest absolute Gasteiger partial charge is 0.233 e. The molecule has 0 radical (unpaired) electrons. The highest BCUT2D eigenvalue weighted by Crippen LogP contribution is 2.23. The maximum Gasteiger partial charge on any atom is 0.233 e. The minimum Gasteiger partial charge on any atom is -0.399 e. The third-order valence-corrected chi connectivity index (χ3v) is 4.89. The average Bonchev–Trinajstić information content (AvgIpc) is 2.66. The van der Waals surface area contributed by atoms with E-state index in [0.29, 0.717) is 36.1 Å². The SMILES string of the molecule is Nc1ccc(CCNc2nc(Nc3cccc(N)c3)nc(NC3CCC3)n2)cc1. The van der Waals surface area contributed by atoms with Gasteiger partial charge in [0.05, 0.1) is 0 Å². The van der Waals surface area contributed by atoms with Crippen LogP contribution in [0.2, 0.25) is 0 Å². The van der Waals surface area contributed by atoms with Gasteiger partial charge in [-0.1, -0.05) is 18.2 Å². The van der Waals surface area contributed by atoms with E-state index < -0.39 is 0 Å². The highest BCUT2D eigenvalue weighted by Gasteiger charge is 2.19. The van der Waals surface area contributed by atoms with Gasteiger partial charge in [0.2, 0.25) is 17.8 Å². The van der Waals surface area contributed by atoms with Gasteiger partial charge in [-0.2, -0.15) is 15.0 Å². The van der Waals surface area contributed by atoms with Gasteiger partial charge in [-0.15, -0.1) is 0 Å². The molecule has 0 spiro atoms. The van der Waals surface area contributed by atoms with E-state index in [0.717, 1.165) is 30.6 Å². The number of nitrogens with one attached hydrogen (secondary N) is 3. The molecule has 1 heterocycles. The van der Waals surface area contributed by atoms with Crippen molar-refractivity contribution in [3.63, 3.8) is 0 Å². The van der Waals surface area contributed by atoms with Gasteiger partial charge in [-0.3, -0.25) is 0 Å². The molecule has 7 N–H and O–H groups in total. The molecule has 0 saturated heterocycles. The Labute approximate surface area is 170 Å². The van der Waals surface area contributed by atoms with Crippen LogP contribution in [0.4, 0.5) is 34.9 Å². The van der Waals surface area contributed by atoms with Crippen molar-refractivity contribution in [3.8, 4) is 0 Å². The zero-order valence-electron chi connectivity index (χ0n) is 16.2. The molecule has 3 aromatic rings. The van der Waals surface area contributed by atoms with E-state index in [1.165, 1.54) is 12.0 Å². The number of nitrogens with two attached hydrogens (primary N) is 2. The molecule has 0 bridgehead atoms. The molecule has 0 atom stereocenters. The summed E-state index contributed by atoms with van der Waals surface area (Å²) in [5.74, 6) is 1.58. The van der Waals surface area contributed by atoms with E-state index in [4.69, 9.17) is 11.5 Å². The lowest BCUT2D eigenvalue weighted by Gasteiger charge is -2.26. The molecular formula is C21H26N8. The quantitative estimate of drug-likeness (QED) is 0.370. The summed E-state index contributed by atoms with van der Waals surface area (Å²) in [6.07, 6.45) is 4.37. The molecule has 0 aliphatic heterocycles. The minimum absolute atomic E-state index is 0.431. The lowest BCUT2D eigenvalue weighted by Crippen LogP contribution is -2.28. The number of benzene rings is 2. The molecular weight excluding hydrogens is 364 g/mol. The van der Waals surface area contributed by atoms with Crippen LogP contribution in [0.1, 0.15) is 24.8 Å². The zero-order chi connectivity index (χ0) is 20.1. The van der Waals surface area contributed by atoms with Crippen LogP contribution >= 0.6 is 0 Å². The number of aromatic nitrogens is 3. The van der Waals surface area contributed by atoms with Crippen LogP contribution in [0.3, 0.4) is 0 Å². The predicted octanol–water partition coefficient (Wildman–Crippen LogP) is 3.40. The molecule has 0 unspecified atom stereocenters. The summed E-state index contributed by atoms with van der Waals surface area (Å²) in [4.78, 5) is 13.6. The molecule has 0 amide bonds. The standard InChI is InChI=1S/C21H26N8/c22-15-9-7-14(8-10-15)11-12-24-19-27-20(25-17-4-2-5-17)29-21(28-19)26-18-6-1-3-16(23)13-18/h1,3,6-10,13,17H,2,4-5,11-12,22-23H2,(H3,24,25,26,27,28,29). The summed E-state index contributed by atoms with van der Waals surface area (Å²) in [7, 11) is 0. The molecule has 1 saturated carbocycles. The fourth-order valence-electron chi connectivity index (χ4n) is 3.06. The third-order valence-electron chi connectivity index (χ3n) is 4.89. The Bertz CT molecular complexity index is 953. The maximum absolute atomic E-state index is 5.87. The Kier molecular flexibility index (Phi) is 5.60. The van der Waals surface area contributed by atoms with Gasteiger partial charge in [0.1, 0.15) is 0 Å². The molecule has 8 nitrogen and oxygen atoms in total. The van der Waals surface area contributed by atoms with Crippen molar-refractivity contribution in [1.82, 2.24) is 15.0 Å². The molecule has 4 rings (SSSR count). The van der Waals surface area contributed by atoms with E-state index in [9.17, 15) is 0 Å². The van der Waals surface area contributed by atoms with Crippen LogP contribution in [-0.2, 0) is 6.42 Å². The van der Waals surface area contributed by atoms with Crippen molar-refractivity contribution < 1.29 is 0 Å². The molecule has 1 fully saturated rings. The monoisotopic (exact) mass is 390 g/mol. The molecule has 1 aliphatic rings. The molecule has 150 valence electrons. The predicted molar refractivity (Wildman–Crippen MR) is 118 cm³/mol. The first-order chi connectivity index (χ1) is 14.1. The van der Waals surface area contributed by atoms with E-state index in [-0.39, 0.29) is 0 Å². The third kappa shape index (κ3) is 5.25. The Hall–Kier alpha value is -3.55. The summed E-state index contributed by atoms with van der Waals surface area (Å²) < 4.78 is 0. The summed E-state index contributed by atoms with van der Waals surface area (Å²) in [5.41, 5.74) is 15.1. The number of nitrogen functional groups attached to an aromatic ring is 2. The fourth-order valence-corrected chi connectivity index (χ4v) is 3.06. The van der Waals surface area contributed by atoms with Gasteiger partial charge in [0, 0.05) is 29.6 Å². The van der Waals surface area contributed by atoms with Gasteiger partial charge in [-0.05, 0) is 61.6 Å². The second-order valence-corrected chi connectivity index (χ2v) is 7.25. The van der Waals surface area contributed by atoms with Crippen LogP contribution in [0.25, 0.3) is 0 Å². The van der Waals surface area contributed by atoms with Crippen molar-refractivity contribution in [2.45, 2.75) is 31.7 Å². The second kappa shape index (κ2) is 8.64. The summed E-state index contributed by atoms with van der Waals surface area (Å²) >= 11 is 0. The Morgan fingerprint density at radius 2 is 1.62 bits per heavy atom. The number of hydrogen-bond acceptors (Lipinski definition) is 8. The van der Waals surface area contributed by atoms with Crippen LogP contribution < -0.4 is 27.4 Å². The van der Waals surface area contributed by atoms with Crippen LogP contribution in [-0.4, -0.2) is 27.5 Å². The Morgan fingerprint density at radius 1 is 0.862 bits per heavy atom. The fraction of sp³-hybridized carbons (Fsp3) is 0.286. The van der Waals surface area contributed by atoms with E-state index in [1.807, 2.05) is 48.5 Å². The second-order valence-electron chi connectivity index (χ2n) is 7.25. The minimum atomic E-state index is 0.431. The molecule has 29 heavy (non-hydrogen) atoms. The van der Waals surface area contributed by atoms with Crippen LogP contribution in [0, 0.1) is 0 Å². The summed E-state index contributed by atoms with van der Waals surface area (Å²) in [5, 5.41) is 9.90. The lowest BCUT2D eigenvalue weighted by molar-refractivity contribution is 0.443. The van der Waals surface area contributed by atoms with E-state index in [2.05, 4.69) is 30.9 Å². The van der Waals surface area contributed by atoms with Crippen molar-refractivity contribution in [3.05, 3.63) is 54.1 Å². The van der Waals surface area contributed by atoms with Crippen molar-refractivity contribution in [2.75, 3.05) is 34.0 Å². The van der Waals surface area contributed by atoms with Crippen molar-refractivity contribution >= 4 is 34.9 Å². The summed E-state index contributed by atoms with van der Waals surface area (Å²) in [6, 6.07) is 15.8. The van der Waals surface area contributed by atoms with Crippen molar-refractivity contribution in [2.24, 2.45) is 0 Å². The van der Waals surface area contributed by atoms with Gasteiger partial charge in [-0.25, -0.2) is 0 Å².